The van der Waals surface area contributed by atoms with Gasteiger partial charge in [-0.2, -0.15) is 0 Å². The van der Waals surface area contributed by atoms with Crippen molar-refractivity contribution < 1.29 is 9.84 Å². The lowest BCUT2D eigenvalue weighted by Gasteiger charge is -2.57. The maximum Gasteiger partial charge on any atom is 0.133 e. The van der Waals surface area contributed by atoms with E-state index in [0.717, 1.165) is 18.6 Å². The van der Waals surface area contributed by atoms with Crippen molar-refractivity contribution >= 4 is 21.8 Å². The summed E-state index contributed by atoms with van der Waals surface area (Å²) in [5.74, 6) is 1.91. The normalized spacial score (nSPS) is 33.7. The number of aromatic nitrogens is 1. The molecule has 0 radical (unpaired) electrons. The molecule has 0 spiro atoms. The second-order valence-electron chi connectivity index (χ2n) is 9.42. The molecule has 3 heterocycles. The fraction of sp³-hybridized carbons (Fsp3) is 0.478. The Labute approximate surface area is 153 Å². The number of benzene rings is 2. The van der Waals surface area contributed by atoms with Crippen molar-refractivity contribution in [2.75, 3.05) is 0 Å². The Morgan fingerprint density at radius 3 is 2.73 bits per heavy atom. The van der Waals surface area contributed by atoms with Crippen LogP contribution in [-0.2, 0) is 5.54 Å². The lowest BCUT2D eigenvalue weighted by atomic mass is 9.59. The minimum atomic E-state index is -0.461. The molecule has 1 aromatic heterocycles. The van der Waals surface area contributed by atoms with Gasteiger partial charge >= 0.3 is 0 Å². The number of ether oxygens (including phenoxy) is 1. The molecule has 3 aliphatic rings. The lowest BCUT2D eigenvalue weighted by molar-refractivity contribution is -0.117. The summed E-state index contributed by atoms with van der Waals surface area (Å²) < 4.78 is 9.06. The van der Waals surface area contributed by atoms with Crippen LogP contribution in [0.3, 0.4) is 0 Å². The van der Waals surface area contributed by atoms with Crippen LogP contribution >= 0.6 is 0 Å². The average molecular weight is 347 g/mol. The Morgan fingerprint density at radius 2 is 1.92 bits per heavy atom. The fourth-order valence-corrected chi connectivity index (χ4v) is 6.32. The van der Waals surface area contributed by atoms with Gasteiger partial charge in [-0.1, -0.05) is 18.2 Å². The number of fused-ring (bicyclic) bond motifs is 4. The highest BCUT2D eigenvalue weighted by atomic mass is 16.5. The quantitative estimate of drug-likeness (QED) is 0.630. The van der Waals surface area contributed by atoms with Gasteiger partial charge in [0.1, 0.15) is 11.4 Å². The van der Waals surface area contributed by atoms with E-state index >= 15 is 0 Å². The molecule has 2 aliphatic heterocycles. The summed E-state index contributed by atoms with van der Waals surface area (Å²) in [6.45, 7) is 8.97. The van der Waals surface area contributed by atoms with Crippen LogP contribution in [0.5, 0.6) is 5.75 Å². The third-order valence-corrected chi connectivity index (χ3v) is 7.62. The van der Waals surface area contributed by atoms with Gasteiger partial charge in [-0.15, -0.1) is 0 Å². The molecule has 4 atom stereocenters. The van der Waals surface area contributed by atoms with Crippen molar-refractivity contribution in [2.45, 2.75) is 63.7 Å². The lowest BCUT2D eigenvalue weighted by Crippen LogP contribution is -2.59. The Balaban J connectivity index is 1.87. The molecule has 0 unspecified atom stereocenters. The molecule has 0 saturated heterocycles. The molecule has 2 bridgehead atoms. The van der Waals surface area contributed by atoms with E-state index in [2.05, 4.69) is 62.6 Å². The second-order valence-corrected chi connectivity index (χ2v) is 9.42. The van der Waals surface area contributed by atoms with Crippen LogP contribution in [0.4, 0.5) is 0 Å². The molecule has 1 saturated carbocycles. The average Bonchev–Trinajstić information content (AvgIpc) is 2.92. The predicted molar refractivity (Wildman–Crippen MR) is 104 cm³/mol. The number of hydrogen-bond acceptors (Lipinski definition) is 2. The highest BCUT2D eigenvalue weighted by Crippen LogP contribution is 2.62. The number of aryl methyl sites for hydroxylation is 1. The minimum Gasteiger partial charge on any atom is -0.484 e. The van der Waals surface area contributed by atoms with Crippen molar-refractivity contribution in [1.82, 2.24) is 4.57 Å². The first-order chi connectivity index (χ1) is 12.3. The van der Waals surface area contributed by atoms with Gasteiger partial charge in [0.25, 0.3) is 0 Å². The molecule has 1 aliphatic carbocycles. The van der Waals surface area contributed by atoms with Crippen LogP contribution in [0.1, 0.15) is 50.7 Å². The Morgan fingerprint density at radius 1 is 1.15 bits per heavy atom. The Bertz CT molecular complexity index is 1110. The van der Waals surface area contributed by atoms with E-state index in [1.807, 2.05) is 0 Å². The summed E-state index contributed by atoms with van der Waals surface area (Å²) in [5.41, 5.74) is 4.75. The number of hydrogen-bond donors (Lipinski definition) is 1. The van der Waals surface area contributed by atoms with E-state index in [4.69, 9.17) is 4.74 Å². The monoisotopic (exact) mass is 347 g/mol. The van der Waals surface area contributed by atoms with Gasteiger partial charge in [-0.25, -0.2) is 0 Å². The van der Waals surface area contributed by atoms with Crippen LogP contribution in [0.25, 0.3) is 21.8 Å². The van der Waals surface area contributed by atoms with Gasteiger partial charge < -0.3 is 14.4 Å². The van der Waals surface area contributed by atoms with E-state index in [0.29, 0.717) is 11.8 Å². The van der Waals surface area contributed by atoms with E-state index in [-0.39, 0.29) is 5.54 Å². The van der Waals surface area contributed by atoms with E-state index in [9.17, 15) is 5.11 Å². The molecule has 2 aromatic carbocycles. The molecular formula is C23H25NO2. The van der Waals surface area contributed by atoms with Crippen LogP contribution in [0.2, 0.25) is 0 Å². The molecule has 134 valence electrons. The molecule has 3 aromatic rings. The first-order valence-corrected chi connectivity index (χ1v) is 9.77. The number of aliphatic hydroxyl groups is 1. The summed E-state index contributed by atoms with van der Waals surface area (Å²) >= 11 is 0. The third-order valence-electron chi connectivity index (χ3n) is 7.62. The maximum atomic E-state index is 11.0. The SMILES string of the molecule is Cc1cc2c3ccccc3n3c2c2c1O[C@]1(C)C[C@H]2[C@@H](C[C@@H]1O)C3(C)C. The van der Waals surface area contributed by atoms with Gasteiger partial charge in [-0.3, -0.25) is 0 Å². The van der Waals surface area contributed by atoms with Crippen LogP contribution in [-0.4, -0.2) is 21.4 Å². The van der Waals surface area contributed by atoms with Crippen molar-refractivity contribution in [2.24, 2.45) is 5.92 Å². The van der Waals surface area contributed by atoms with Crippen molar-refractivity contribution in [1.29, 1.82) is 0 Å². The van der Waals surface area contributed by atoms with Gasteiger partial charge in [0.05, 0.1) is 11.6 Å². The number of rotatable bonds is 0. The third kappa shape index (κ3) is 1.48. The highest BCUT2D eigenvalue weighted by Gasteiger charge is 2.57. The van der Waals surface area contributed by atoms with E-state index in [1.165, 1.54) is 32.9 Å². The van der Waals surface area contributed by atoms with Crippen molar-refractivity contribution in [3.63, 3.8) is 0 Å². The predicted octanol–water partition coefficient (Wildman–Crippen LogP) is 4.86. The van der Waals surface area contributed by atoms with Crippen LogP contribution in [0.15, 0.2) is 30.3 Å². The van der Waals surface area contributed by atoms with Gasteiger partial charge in [0.2, 0.25) is 0 Å². The first kappa shape index (κ1) is 15.1. The smallest absolute Gasteiger partial charge is 0.133 e. The van der Waals surface area contributed by atoms with E-state index in [1.54, 1.807) is 0 Å². The molecule has 3 heteroatoms. The summed E-state index contributed by atoms with van der Waals surface area (Å²) in [4.78, 5) is 0. The minimum absolute atomic E-state index is 0.0365. The van der Waals surface area contributed by atoms with Gasteiger partial charge in [-0.05, 0) is 70.1 Å². The number of aliphatic hydroxyl groups excluding tert-OH is 1. The van der Waals surface area contributed by atoms with Gasteiger partial charge in [0.15, 0.2) is 0 Å². The fourth-order valence-electron chi connectivity index (χ4n) is 6.32. The molecule has 6 rings (SSSR count). The number of nitrogens with zero attached hydrogens (tertiary/aromatic N) is 1. The largest absolute Gasteiger partial charge is 0.484 e. The second kappa shape index (κ2) is 4.28. The Hall–Kier alpha value is -2.00. The Kier molecular flexibility index (Phi) is 2.49. The van der Waals surface area contributed by atoms with Crippen LogP contribution < -0.4 is 4.74 Å². The molecule has 1 N–H and O–H groups in total. The van der Waals surface area contributed by atoms with E-state index < -0.39 is 11.7 Å². The topological polar surface area (TPSA) is 34.4 Å². The molecule has 0 amide bonds. The summed E-state index contributed by atoms with van der Waals surface area (Å²) in [7, 11) is 0. The standard InChI is InChI=1S/C23H25NO2/c1-12-9-14-13-7-5-6-8-17(13)24-20(14)19-15-11-23(4,26-21(12)19)18(25)10-16(15)22(24,2)3/h5-9,15-16,18,25H,10-11H2,1-4H3/t15-,16+,18-,23+/m0/s1. The zero-order valence-corrected chi connectivity index (χ0v) is 15.8. The molecule has 3 nitrogen and oxygen atoms in total. The van der Waals surface area contributed by atoms with Crippen LogP contribution in [0, 0.1) is 12.8 Å². The van der Waals surface area contributed by atoms with Crippen molar-refractivity contribution in [3.8, 4) is 5.75 Å². The zero-order chi connectivity index (χ0) is 18.0. The van der Waals surface area contributed by atoms with Gasteiger partial charge in [0, 0.05) is 27.4 Å². The summed E-state index contributed by atoms with van der Waals surface area (Å²) in [5, 5.41) is 13.7. The maximum absolute atomic E-state index is 11.0. The first-order valence-electron chi connectivity index (χ1n) is 9.77. The zero-order valence-electron chi connectivity index (χ0n) is 15.8. The molecule has 26 heavy (non-hydrogen) atoms. The summed E-state index contributed by atoms with van der Waals surface area (Å²) in [6.07, 6.45) is 1.29. The molecule has 1 fully saturated rings. The van der Waals surface area contributed by atoms with Crippen molar-refractivity contribution in [3.05, 3.63) is 41.5 Å². The molecular weight excluding hydrogens is 322 g/mol. The number of para-hydroxylation sites is 1. The highest BCUT2D eigenvalue weighted by molar-refractivity contribution is 6.11. The summed E-state index contributed by atoms with van der Waals surface area (Å²) in [6, 6.07) is 11.0.